The molecule has 1 aliphatic heterocycles. The Morgan fingerprint density at radius 2 is 2.00 bits per heavy atom. The number of nitrogens with zero attached hydrogens (tertiary/aromatic N) is 3. The fourth-order valence-corrected chi connectivity index (χ4v) is 3.62. The summed E-state index contributed by atoms with van der Waals surface area (Å²) < 4.78 is 0. The Hall–Kier alpha value is -1.55. The molecule has 134 valence electrons. The summed E-state index contributed by atoms with van der Waals surface area (Å²) in [7, 11) is 6.12. The fraction of sp³-hybridized carbons (Fsp3) is 0.650. The molecule has 1 aromatic carbocycles. The highest BCUT2D eigenvalue weighted by molar-refractivity contribution is 5.80. The Morgan fingerprint density at radius 1 is 1.29 bits per heavy atom. The second-order valence-electron chi connectivity index (χ2n) is 7.64. The van der Waals surface area contributed by atoms with Gasteiger partial charge >= 0.3 is 0 Å². The van der Waals surface area contributed by atoms with E-state index in [2.05, 4.69) is 72.3 Å². The summed E-state index contributed by atoms with van der Waals surface area (Å²) >= 11 is 0. The van der Waals surface area contributed by atoms with Crippen LogP contribution in [-0.4, -0.2) is 50.0 Å². The molecule has 1 atom stereocenters. The lowest BCUT2D eigenvalue weighted by Gasteiger charge is -2.23. The van der Waals surface area contributed by atoms with Gasteiger partial charge in [0.05, 0.1) is 0 Å². The molecule has 1 N–H and O–H groups in total. The Kier molecular flexibility index (Phi) is 7.10. The summed E-state index contributed by atoms with van der Waals surface area (Å²) in [4.78, 5) is 9.14. The molecule has 1 aromatic rings. The van der Waals surface area contributed by atoms with Crippen molar-refractivity contribution in [2.45, 2.75) is 39.8 Å². The van der Waals surface area contributed by atoms with Gasteiger partial charge in [-0.05, 0) is 49.9 Å². The highest BCUT2D eigenvalue weighted by Crippen LogP contribution is 2.23. The molecule has 1 fully saturated rings. The Labute approximate surface area is 147 Å². The number of hydrogen-bond donors (Lipinski definition) is 1. The molecule has 0 amide bonds. The van der Waals surface area contributed by atoms with Crippen molar-refractivity contribution in [3.05, 3.63) is 35.4 Å². The lowest BCUT2D eigenvalue weighted by molar-refractivity contribution is 0.399. The molecular weight excluding hydrogens is 296 g/mol. The van der Waals surface area contributed by atoms with Crippen LogP contribution in [0.5, 0.6) is 0 Å². The number of likely N-dealkylation sites (tertiary alicyclic amines) is 1. The van der Waals surface area contributed by atoms with Crippen molar-refractivity contribution in [1.82, 2.24) is 15.1 Å². The third-order valence-corrected chi connectivity index (χ3v) is 4.64. The second-order valence-corrected chi connectivity index (χ2v) is 7.64. The van der Waals surface area contributed by atoms with Crippen molar-refractivity contribution in [3.8, 4) is 0 Å². The maximum Gasteiger partial charge on any atom is 0.193 e. The summed E-state index contributed by atoms with van der Waals surface area (Å²) in [6.45, 7) is 8.70. The van der Waals surface area contributed by atoms with Gasteiger partial charge in [0.2, 0.25) is 0 Å². The Morgan fingerprint density at radius 3 is 2.62 bits per heavy atom. The van der Waals surface area contributed by atoms with Crippen molar-refractivity contribution in [2.24, 2.45) is 16.8 Å². The average molecular weight is 331 g/mol. The number of rotatable bonds is 6. The van der Waals surface area contributed by atoms with Crippen LogP contribution >= 0.6 is 0 Å². The van der Waals surface area contributed by atoms with Gasteiger partial charge < -0.3 is 15.1 Å². The molecule has 0 aromatic heterocycles. The minimum absolute atomic E-state index is 0.780. The first-order chi connectivity index (χ1) is 11.5. The van der Waals surface area contributed by atoms with E-state index in [1.54, 1.807) is 0 Å². The third kappa shape index (κ3) is 5.52. The summed E-state index contributed by atoms with van der Waals surface area (Å²) in [6, 6.07) is 8.67. The number of hydrogen-bond acceptors (Lipinski definition) is 2. The zero-order valence-electron chi connectivity index (χ0n) is 16.0. The molecule has 4 heteroatoms. The summed E-state index contributed by atoms with van der Waals surface area (Å²) in [5.41, 5.74) is 2.73. The van der Waals surface area contributed by atoms with Gasteiger partial charge in [-0.3, -0.25) is 4.99 Å². The van der Waals surface area contributed by atoms with Gasteiger partial charge in [-0.1, -0.05) is 38.1 Å². The van der Waals surface area contributed by atoms with Crippen molar-refractivity contribution >= 4 is 5.96 Å². The first kappa shape index (κ1) is 18.8. The van der Waals surface area contributed by atoms with Crippen molar-refractivity contribution < 1.29 is 0 Å². The monoisotopic (exact) mass is 330 g/mol. The maximum atomic E-state index is 4.51. The lowest BCUT2D eigenvalue weighted by atomic mass is 9.97. The highest BCUT2D eigenvalue weighted by atomic mass is 15.3. The second kappa shape index (κ2) is 9.07. The van der Waals surface area contributed by atoms with Crippen LogP contribution in [0.3, 0.4) is 0 Å². The lowest BCUT2D eigenvalue weighted by Crippen LogP contribution is -2.39. The first-order valence-corrected chi connectivity index (χ1v) is 9.16. The minimum atomic E-state index is 0.780. The number of benzene rings is 1. The van der Waals surface area contributed by atoms with Crippen LogP contribution in [0.2, 0.25) is 0 Å². The van der Waals surface area contributed by atoms with Gasteiger partial charge in [0.1, 0.15) is 0 Å². The predicted molar refractivity (Wildman–Crippen MR) is 103 cm³/mol. The van der Waals surface area contributed by atoms with E-state index in [0.29, 0.717) is 0 Å². The summed E-state index contributed by atoms with van der Waals surface area (Å²) in [5, 5.41) is 3.57. The predicted octanol–water partition coefficient (Wildman–Crippen LogP) is 3.19. The molecule has 4 nitrogen and oxygen atoms in total. The Bertz CT molecular complexity index is 536. The highest BCUT2D eigenvalue weighted by Gasteiger charge is 2.25. The van der Waals surface area contributed by atoms with Crippen molar-refractivity contribution in [2.75, 3.05) is 34.2 Å². The molecule has 2 rings (SSSR count). The van der Waals surface area contributed by atoms with Gasteiger partial charge in [-0.25, -0.2) is 0 Å². The molecular formula is C20H34N4. The molecule has 1 unspecified atom stereocenters. The van der Waals surface area contributed by atoms with Crippen LogP contribution < -0.4 is 5.32 Å². The molecule has 0 spiro atoms. The van der Waals surface area contributed by atoms with E-state index in [1.807, 2.05) is 7.05 Å². The van der Waals surface area contributed by atoms with Gasteiger partial charge in [-0.2, -0.15) is 0 Å². The van der Waals surface area contributed by atoms with Crippen LogP contribution in [0.4, 0.5) is 0 Å². The van der Waals surface area contributed by atoms with E-state index in [9.17, 15) is 0 Å². The minimum Gasteiger partial charge on any atom is -0.352 e. The van der Waals surface area contributed by atoms with E-state index < -0.39 is 0 Å². The number of nitrogens with one attached hydrogen (secondary N) is 1. The molecule has 0 saturated carbocycles. The Balaban J connectivity index is 1.93. The van der Waals surface area contributed by atoms with E-state index in [0.717, 1.165) is 44.0 Å². The molecule has 1 aliphatic rings. The molecule has 1 heterocycles. The third-order valence-electron chi connectivity index (χ3n) is 4.64. The summed E-state index contributed by atoms with van der Waals surface area (Å²) in [5.74, 6) is 2.63. The molecule has 1 saturated heterocycles. The van der Waals surface area contributed by atoms with Crippen LogP contribution in [0.25, 0.3) is 0 Å². The number of aliphatic imine (C=N–C) groups is 1. The van der Waals surface area contributed by atoms with Crippen LogP contribution in [0.15, 0.2) is 29.3 Å². The van der Waals surface area contributed by atoms with E-state index in [4.69, 9.17) is 0 Å². The van der Waals surface area contributed by atoms with Crippen molar-refractivity contribution in [3.63, 3.8) is 0 Å². The zero-order valence-corrected chi connectivity index (χ0v) is 16.0. The van der Waals surface area contributed by atoms with Crippen LogP contribution in [0, 0.1) is 11.8 Å². The SMILES string of the molecule is CN=C(NCc1ccccc1CN(C)C)N1CCC(CC(C)C)C1. The van der Waals surface area contributed by atoms with Crippen LogP contribution in [-0.2, 0) is 13.1 Å². The quantitative estimate of drug-likeness (QED) is 0.642. The number of guanidine groups is 1. The standard InChI is InChI=1S/C20H34N4/c1-16(2)12-17-10-11-24(14-17)20(21-3)22-13-18-8-6-7-9-19(18)15-23(4)5/h6-9,16-17H,10-15H2,1-5H3,(H,21,22). The smallest absolute Gasteiger partial charge is 0.193 e. The zero-order chi connectivity index (χ0) is 17.5. The fourth-order valence-electron chi connectivity index (χ4n) is 3.62. The van der Waals surface area contributed by atoms with Gasteiger partial charge in [0.15, 0.2) is 5.96 Å². The maximum absolute atomic E-state index is 4.51. The topological polar surface area (TPSA) is 30.9 Å². The van der Waals surface area contributed by atoms with Crippen LogP contribution in [0.1, 0.15) is 37.8 Å². The van der Waals surface area contributed by atoms with E-state index in [1.165, 1.54) is 24.0 Å². The van der Waals surface area contributed by atoms with Gasteiger partial charge in [-0.15, -0.1) is 0 Å². The van der Waals surface area contributed by atoms with Gasteiger partial charge in [0, 0.05) is 33.2 Å². The molecule has 0 aliphatic carbocycles. The average Bonchev–Trinajstić information content (AvgIpc) is 2.96. The first-order valence-electron chi connectivity index (χ1n) is 9.16. The van der Waals surface area contributed by atoms with Gasteiger partial charge in [0.25, 0.3) is 0 Å². The molecule has 24 heavy (non-hydrogen) atoms. The van der Waals surface area contributed by atoms with Crippen molar-refractivity contribution in [1.29, 1.82) is 0 Å². The largest absolute Gasteiger partial charge is 0.352 e. The molecule has 0 radical (unpaired) electrons. The normalized spacial score (nSPS) is 18.7. The molecule has 0 bridgehead atoms. The summed E-state index contributed by atoms with van der Waals surface area (Å²) in [6.07, 6.45) is 2.61. The van der Waals surface area contributed by atoms with E-state index >= 15 is 0 Å². The van der Waals surface area contributed by atoms with E-state index in [-0.39, 0.29) is 0 Å².